The number of hydrogen-bond donors (Lipinski definition) is 2. The normalized spacial score (nSPS) is 10.6. The van der Waals surface area contributed by atoms with Crippen molar-refractivity contribution in [2.24, 2.45) is 0 Å². The topological polar surface area (TPSA) is 57.8 Å². The van der Waals surface area contributed by atoms with Gasteiger partial charge in [0.2, 0.25) is 0 Å². The van der Waals surface area contributed by atoms with Crippen LogP contribution in [0.5, 0.6) is 0 Å². The highest BCUT2D eigenvalue weighted by atomic mass is 35.5. The van der Waals surface area contributed by atoms with E-state index in [0.29, 0.717) is 6.54 Å². The van der Waals surface area contributed by atoms with E-state index in [-0.39, 0.29) is 16.5 Å². The van der Waals surface area contributed by atoms with Crippen molar-refractivity contribution >= 4 is 17.5 Å². The molecule has 6 heteroatoms. The number of carbonyl (C=O) groups is 1. The van der Waals surface area contributed by atoms with Crippen molar-refractivity contribution in [3.05, 3.63) is 52.1 Å². The Hall–Kier alpha value is -1.88. The number of nitrogens with one attached hydrogen (secondary N) is 2. The molecule has 2 aromatic rings. The van der Waals surface area contributed by atoms with Gasteiger partial charge in [-0.15, -0.1) is 0 Å². The zero-order chi connectivity index (χ0) is 14.5. The van der Waals surface area contributed by atoms with Crippen LogP contribution in [0.15, 0.2) is 24.4 Å². The Morgan fingerprint density at radius 3 is 2.95 bits per heavy atom. The molecular formula is C14H15ClFN3O. The van der Waals surface area contributed by atoms with Gasteiger partial charge in [-0.3, -0.25) is 9.89 Å². The first-order chi connectivity index (χ1) is 9.58. The summed E-state index contributed by atoms with van der Waals surface area (Å²) in [4.78, 5) is 11.8. The molecule has 0 radical (unpaired) electrons. The number of amides is 1. The van der Waals surface area contributed by atoms with E-state index in [1.54, 1.807) is 6.20 Å². The van der Waals surface area contributed by atoms with Crippen molar-refractivity contribution in [3.63, 3.8) is 0 Å². The highest BCUT2D eigenvalue weighted by Crippen LogP contribution is 2.15. The Bertz CT molecular complexity index is 612. The number of H-pyrrole nitrogens is 1. The van der Waals surface area contributed by atoms with Crippen molar-refractivity contribution in [2.75, 3.05) is 6.54 Å². The molecule has 0 saturated carbocycles. The molecule has 0 atom stereocenters. The lowest BCUT2D eigenvalue weighted by atomic mass is 10.1. The van der Waals surface area contributed by atoms with Gasteiger partial charge in [0.25, 0.3) is 5.91 Å². The van der Waals surface area contributed by atoms with Gasteiger partial charge in [0.15, 0.2) is 0 Å². The summed E-state index contributed by atoms with van der Waals surface area (Å²) in [5.41, 5.74) is 2.44. The summed E-state index contributed by atoms with van der Waals surface area (Å²) >= 11 is 5.57. The number of carbonyl (C=O) groups excluding carboxylic acids is 1. The second-order valence-corrected chi connectivity index (χ2v) is 4.92. The molecule has 0 fully saturated rings. The molecule has 0 spiro atoms. The third kappa shape index (κ3) is 3.57. The second kappa shape index (κ2) is 6.52. The van der Waals surface area contributed by atoms with Crippen LogP contribution >= 0.6 is 11.6 Å². The summed E-state index contributed by atoms with van der Waals surface area (Å²) in [7, 11) is 0. The van der Waals surface area contributed by atoms with E-state index >= 15 is 0 Å². The minimum absolute atomic E-state index is 0.0111. The van der Waals surface area contributed by atoms with Gasteiger partial charge >= 0.3 is 0 Å². The van der Waals surface area contributed by atoms with Crippen molar-refractivity contribution in [1.29, 1.82) is 0 Å². The van der Waals surface area contributed by atoms with Crippen LogP contribution in [0.1, 0.15) is 28.0 Å². The zero-order valence-electron chi connectivity index (χ0n) is 11.0. The summed E-state index contributed by atoms with van der Waals surface area (Å²) in [6.07, 6.45) is 3.41. The number of halogens is 2. The highest BCUT2D eigenvalue weighted by molar-refractivity contribution is 6.30. The molecule has 0 bridgehead atoms. The molecule has 0 aliphatic heterocycles. The van der Waals surface area contributed by atoms with Crippen LogP contribution in [0, 0.1) is 12.7 Å². The maximum atomic E-state index is 13.2. The van der Waals surface area contributed by atoms with E-state index in [9.17, 15) is 9.18 Å². The molecule has 2 N–H and O–H groups in total. The predicted octanol–water partition coefficient (Wildman–Crippen LogP) is 2.87. The van der Waals surface area contributed by atoms with E-state index in [2.05, 4.69) is 15.5 Å². The monoisotopic (exact) mass is 295 g/mol. The largest absolute Gasteiger partial charge is 0.352 e. The van der Waals surface area contributed by atoms with Crippen LogP contribution in [-0.4, -0.2) is 22.6 Å². The molecular weight excluding hydrogens is 281 g/mol. The Morgan fingerprint density at radius 1 is 1.50 bits per heavy atom. The lowest BCUT2D eigenvalue weighted by molar-refractivity contribution is 0.0953. The van der Waals surface area contributed by atoms with Crippen LogP contribution in [0.4, 0.5) is 4.39 Å². The number of rotatable bonds is 5. The van der Waals surface area contributed by atoms with Gasteiger partial charge in [0, 0.05) is 17.8 Å². The molecule has 1 aromatic carbocycles. The van der Waals surface area contributed by atoms with E-state index in [4.69, 9.17) is 11.6 Å². The van der Waals surface area contributed by atoms with Crippen LogP contribution in [0.25, 0.3) is 0 Å². The SMILES string of the molecule is Cc1[nH]ncc1CCCNC(=O)c1ccc(Cl)c(F)c1. The summed E-state index contributed by atoms with van der Waals surface area (Å²) < 4.78 is 13.2. The third-order valence-corrected chi connectivity index (χ3v) is 3.33. The Kier molecular flexibility index (Phi) is 4.74. The summed E-state index contributed by atoms with van der Waals surface area (Å²) in [6, 6.07) is 4.01. The van der Waals surface area contributed by atoms with Gasteiger partial charge in [0.1, 0.15) is 5.82 Å². The molecule has 1 aromatic heterocycles. The number of nitrogens with zero attached hydrogens (tertiary/aromatic N) is 1. The standard InChI is InChI=1S/C14H15ClFN3O/c1-9-11(8-18-19-9)3-2-6-17-14(20)10-4-5-12(15)13(16)7-10/h4-5,7-8H,2-3,6H2,1H3,(H,17,20)(H,18,19). The van der Waals surface area contributed by atoms with Crippen molar-refractivity contribution in [2.45, 2.75) is 19.8 Å². The van der Waals surface area contributed by atoms with E-state index < -0.39 is 5.82 Å². The minimum Gasteiger partial charge on any atom is -0.352 e. The van der Waals surface area contributed by atoms with Gasteiger partial charge in [-0.2, -0.15) is 5.10 Å². The van der Waals surface area contributed by atoms with Crippen molar-refractivity contribution < 1.29 is 9.18 Å². The predicted molar refractivity (Wildman–Crippen MR) is 75.4 cm³/mol. The fraction of sp³-hybridized carbons (Fsp3) is 0.286. The number of benzene rings is 1. The first kappa shape index (κ1) is 14.5. The first-order valence-corrected chi connectivity index (χ1v) is 6.68. The van der Waals surface area contributed by atoms with Gasteiger partial charge in [-0.1, -0.05) is 11.6 Å². The molecule has 106 valence electrons. The zero-order valence-corrected chi connectivity index (χ0v) is 11.8. The summed E-state index contributed by atoms with van der Waals surface area (Å²) in [6.45, 7) is 2.48. The molecule has 1 amide bonds. The Labute approximate surface area is 121 Å². The highest BCUT2D eigenvalue weighted by Gasteiger charge is 2.08. The quantitative estimate of drug-likeness (QED) is 0.833. The van der Waals surface area contributed by atoms with Gasteiger partial charge in [-0.05, 0) is 43.5 Å². The van der Waals surface area contributed by atoms with E-state index in [1.807, 2.05) is 6.92 Å². The van der Waals surface area contributed by atoms with Crippen LogP contribution in [0.3, 0.4) is 0 Å². The molecule has 0 aliphatic rings. The number of aryl methyl sites for hydroxylation is 2. The number of aromatic amines is 1. The molecule has 0 aliphatic carbocycles. The smallest absolute Gasteiger partial charge is 0.251 e. The van der Waals surface area contributed by atoms with E-state index in [1.165, 1.54) is 12.1 Å². The Morgan fingerprint density at radius 2 is 2.30 bits per heavy atom. The lowest BCUT2D eigenvalue weighted by Gasteiger charge is -2.05. The fourth-order valence-corrected chi connectivity index (χ4v) is 1.97. The Balaban J connectivity index is 1.80. The summed E-state index contributed by atoms with van der Waals surface area (Å²) in [5.74, 6) is -0.891. The van der Waals surface area contributed by atoms with Crippen molar-refractivity contribution in [3.8, 4) is 0 Å². The van der Waals surface area contributed by atoms with Gasteiger partial charge < -0.3 is 5.32 Å². The van der Waals surface area contributed by atoms with Gasteiger partial charge in [0.05, 0.1) is 11.2 Å². The molecule has 4 nitrogen and oxygen atoms in total. The molecule has 0 unspecified atom stereocenters. The van der Waals surface area contributed by atoms with Crippen LogP contribution in [-0.2, 0) is 6.42 Å². The summed E-state index contributed by atoms with van der Waals surface area (Å²) in [5, 5.41) is 9.56. The van der Waals surface area contributed by atoms with Gasteiger partial charge in [-0.25, -0.2) is 4.39 Å². The average molecular weight is 296 g/mol. The molecule has 1 heterocycles. The number of hydrogen-bond acceptors (Lipinski definition) is 2. The van der Waals surface area contributed by atoms with E-state index in [0.717, 1.165) is 30.2 Å². The van der Waals surface area contributed by atoms with Crippen LogP contribution < -0.4 is 5.32 Å². The lowest BCUT2D eigenvalue weighted by Crippen LogP contribution is -2.24. The molecule has 20 heavy (non-hydrogen) atoms. The second-order valence-electron chi connectivity index (χ2n) is 4.51. The third-order valence-electron chi connectivity index (χ3n) is 3.02. The fourth-order valence-electron chi connectivity index (χ4n) is 1.85. The molecule has 0 saturated heterocycles. The molecule has 2 rings (SSSR count). The maximum Gasteiger partial charge on any atom is 0.251 e. The maximum absolute atomic E-state index is 13.2. The van der Waals surface area contributed by atoms with Crippen molar-refractivity contribution in [1.82, 2.24) is 15.5 Å². The first-order valence-electron chi connectivity index (χ1n) is 6.30. The number of aromatic nitrogens is 2. The minimum atomic E-state index is -0.590. The van der Waals surface area contributed by atoms with Crippen LogP contribution in [0.2, 0.25) is 5.02 Å². The average Bonchev–Trinajstić information content (AvgIpc) is 2.83.